The lowest BCUT2D eigenvalue weighted by Gasteiger charge is -2.51. The maximum atomic E-state index is 11.2. The van der Waals surface area contributed by atoms with E-state index in [0.717, 1.165) is 0 Å². The number of ether oxygens (including phenoxy) is 3. The third-order valence-corrected chi connectivity index (χ3v) is 6.23. The molecule has 6 N–H and O–H groups in total. The van der Waals surface area contributed by atoms with Gasteiger partial charge in [0.15, 0.2) is 5.79 Å². The highest BCUT2D eigenvalue weighted by Crippen LogP contribution is 2.40. The molecule has 0 aromatic carbocycles. The predicted molar refractivity (Wildman–Crippen MR) is 113 cm³/mol. The summed E-state index contributed by atoms with van der Waals surface area (Å²) in [5.41, 5.74) is 0. The normalized spacial score (nSPS) is 33.6. The van der Waals surface area contributed by atoms with Gasteiger partial charge in [-0.25, -0.2) is 0 Å². The monoisotopic (exact) mass is 448 g/mol. The second-order valence-corrected chi connectivity index (χ2v) is 8.45. The molecular weight excluding hydrogens is 408 g/mol. The summed E-state index contributed by atoms with van der Waals surface area (Å²) in [4.78, 5) is 0. The molecule has 1 fully saturated rings. The van der Waals surface area contributed by atoms with Gasteiger partial charge in [0.25, 0.3) is 0 Å². The Bertz CT molecular complexity index is 577. The van der Waals surface area contributed by atoms with Crippen molar-refractivity contribution >= 4 is 0 Å². The van der Waals surface area contributed by atoms with Crippen LogP contribution in [0.5, 0.6) is 0 Å². The highest BCUT2D eigenvalue weighted by Gasteiger charge is 2.55. The van der Waals surface area contributed by atoms with Crippen molar-refractivity contribution in [1.82, 2.24) is 0 Å². The van der Waals surface area contributed by atoms with E-state index in [1.54, 1.807) is 13.8 Å². The molecule has 0 aliphatic carbocycles. The molecule has 0 aromatic heterocycles. The highest BCUT2D eigenvalue weighted by atomic mass is 16.7. The van der Waals surface area contributed by atoms with E-state index in [0.29, 0.717) is 12.8 Å². The molecule has 0 unspecified atom stereocenters. The second kappa shape index (κ2) is 13.0. The van der Waals surface area contributed by atoms with Crippen LogP contribution in [0.1, 0.15) is 46.5 Å². The number of aliphatic hydroxyl groups excluding tert-OH is 5. The Morgan fingerprint density at radius 1 is 1.10 bits per heavy atom. The molecule has 0 spiro atoms. The van der Waals surface area contributed by atoms with Crippen LogP contribution in [0.3, 0.4) is 0 Å². The minimum atomic E-state index is -2.26. The summed E-state index contributed by atoms with van der Waals surface area (Å²) in [6.45, 7) is 5.00. The maximum absolute atomic E-state index is 11.2. The molecule has 9 heteroatoms. The Labute approximate surface area is 185 Å². The van der Waals surface area contributed by atoms with Crippen molar-refractivity contribution in [3.8, 4) is 11.8 Å². The van der Waals surface area contributed by atoms with Crippen LogP contribution in [0, 0.1) is 23.7 Å². The van der Waals surface area contributed by atoms with E-state index in [2.05, 4.69) is 11.8 Å². The van der Waals surface area contributed by atoms with Gasteiger partial charge in [-0.15, -0.1) is 11.8 Å². The molecule has 1 heterocycles. The van der Waals surface area contributed by atoms with E-state index < -0.39 is 60.4 Å². The van der Waals surface area contributed by atoms with Gasteiger partial charge in [-0.3, -0.25) is 0 Å². The number of hydrogen-bond donors (Lipinski definition) is 6. The van der Waals surface area contributed by atoms with Gasteiger partial charge in [0, 0.05) is 45.3 Å². The van der Waals surface area contributed by atoms with Gasteiger partial charge in [0.1, 0.15) is 6.10 Å². The molecule has 0 aromatic rings. The molecule has 9 nitrogen and oxygen atoms in total. The maximum Gasteiger partial charge on any atom is 0.199 e. The van der Waals surface area contributed by atoms with E-state index in [-0.39, 0.29) is 19.4 Å². The Morgan fingerprint density at radius 2 is 1.74 bits per heavy atom. The largest absolute Gasteiger partial charge is 0.392 e. The lowest BCUT2D eigenvalue weighted by Crippen LogP contribution is -2.65. The predicted octanol–water partition coefficient (Wildman–Crippen LogP) is -0.604. The molecule has 1 aliphatic rings. The summed E-state index contributed by atoms with van der Waals surface area (Å²) in [5.74, 6) is 1.96. The van der Waals surface area contributed by atoms with E-state index in [1.807, 2.05) is 0 Å². The average molecular weight is 449 g/mol. The molecule has 1 rings (SSSR count). The van der Waals surface area contributed by atoms with Crippen molar-refractivity contribution in [3.63, 3.8) is 0 Å². The van der Waals surface area contributed by atoms with Gasteiger partial charge in [-0.1, -0.05) is 13.8 Å². The standard InChI is InChI=1S/C22H40O9/c1-6-7-8-9-16(24)19(30-5)11-17(25)21(27)22(28)14(3)20(26)13(2)18(31-22)10-15(23)12-29-4/h13-21,23-28H,8-12H2,1-5H3/t13-,14+,15+,16-,17-,18+,19-,20-,21+,22+/m0/s1. The van der Waals surface area contributed by atoms with Crippen LogP contribution in [0.15, 0.2) is 0 Å². The van der Waals surface area contributed by atoms with Gasteiger partial charge in [-0.2, -0.15) is 0 Å². The minimum Gasteiger partial charge on any atom is -0.392 e. The van der Waals surface area contributed by atoms with Crippen LogP contribution in [0.2, 0.25) is 0 Å². The van der Waals surface area contributed by atoms with Crippen LogP contribution in [-0.2, 0) is 14.2 Å². The molecule has 0 saturated carbocycles. The van der Waals surface area contributed by atoms with Crippen LogP contribution in [0.4, 0.5) is 0 Å². The van der Waals surface area contributed by atoms with Crippen molar-refractivity contribution in [1.29, 1.82) is 0 Å². The third-order valence-electron chi connectivity index (χ3n) is 6.23. The summed E-state index contributed by atoms with van der Waals surface area (Å²) >= 11 is 0. The fourth-order valence-electron chi connectivity index (χ4n) is 4.09. The smallest absolute Gasteiger partial charge is 0.199 e. The Balaban J connectivity index is 2.92. The third kappa shape index (κ3) is 7.35. The lowest BCUT2D eigenvalue weighted by molar-refractivity contribution is -0.362. The Morgan fingerprint density at radius 3 is 2.29 bits per heavy atom. The van der Waals surface area contributed by atoms with Crippen molar-refractivity contribution in [2.24, 2.45) is 11.8 Å². The summed E-state index contributed by atoms with van der Waals surface area (Å²) < 4.78 is 15.9. The Hall–Kier alpha value is -0.800. The first-order chi connectivity index (χ1) is 14.5. The highest BCUT2D eigenvalue weighted by molar-refractivity contribution is 4.99. The van der Waals surface area contributed by atoms with Crippen LogP contribution in [-0.4, -0.2) is 100.0 Å². The van der Waals surface area contributed by atoms with E-state index >= 15 is 0 Å². The van der Waals surface area contributed by atoms with Crippen LogP contribution < -0.4 is 0 Å². The molecule has 0 bridgehead atoms. The number of methoxy groups -OCH3 is 2. The molecule has 10 atom stereocenters. The van der Waals surface area contributed by atoms with Gasteiger partial charge >= 0.3 is 0 Å². The summed E-state index contributed by atoms with van der Waals surface area (Å²) in [6, 6.07) is 0. The Kier molecular flexibility index (Phi) is 11.9. The minimum absolute atomic E-state index is 0.0532. The van der Waals surface area contributed by atoms with Crippen molar-refractivity contribution in [3.05, 3.63) is 0 Å². The first-order valence-electron chi connectivity index (χ1n) is 10.7. The van der Waals surface area contributed by atoms with Crippen LogP contribution >= 0.6 is 0 Å². The molecule has 31 heavy (non-hydrogen) atoms. The van der Waals surface area contributed by atoms with Crippen molar-refractivity contribution < 1.29 is 44.8 Å². The lowest BCUT2D eigenvalue weighted by atomic mass is 9.76. The van der Waals surface area contributed by atoms with Crippen LogP contribution in [0.25, 0.3) is 0 Å². The van der Waals surface area contributed by atoms with Crippen molar-refractivity contribution in [2.75, 3.05) is 20.8 Å². The molecule has 0 amide bonds. The molecule has 0 radical (unpaired) electrons. The van der Waals surface area contributed by atoms with E-state index in [9.17, 15) is 30.6 Å². The van der Waals surface area contributed by atoms with Gasteiger partial charge in [-0.05, 0) is 13.3 Å². The van der Waals surface area contributed by atoms with Crippen molar-refractivity contribution in [2.45, 2.75) is 95.0 Å². The second-order valence-electron chi connectivity index (χ2n) is 8.45. The topological polar surface area (TPSA) is 149 Å². The summed E-state index contributed by atoms with van der Waals surface area (Å²) in [5, 5.41) is 63.6. The summed E-state index contributed by atoms with van der Waals surface area (Å²) in [6.07, 6.45) is -7.03. The SMILES string of the molecule is CC#CCC[C@H](O)[C@H](C[C@H](O)[C@@H](O)[C@]1(O)O[C@H](C[C@@H](O)COC)[C@H](C)[C@H](O)[C@H]1C)OC. The zero-order valence-corrected chi connectivity index (χ0v) is 19.1. The average Bonchev–Trinajstić information content (AvgIpc) is 2.73. The zero-order chi connectivity index (χ0) is 23.8. The quantitative estimate of drug-likeness (QED) is 0.215. The molecular formula is C22H40O9. The van der Waals surface area contributed by atoms with E-state index in [1.165, 1.54) is 21.1 Å². The van der Waals surface area contributed by atoms with Gasteiger partial charge in [0.2, 0.25) is 0 Å². The fraction of sp³-hybridized carbons (Fsp3) is 0.909. The van der Waals surface area contributed by atoms with E-state index in [4.69, 9.17) is 14.2 Å². The fourth-order valence-corrected chi connectivity index (χ4v) is 4.09. The first-order valence-corrected chi connectivity index (χ1v) is 10.7. The number of hydrogen-bond acceptors (Lipinski definition) is 9. The summed E-state index contributed by atoms with van der Waals surface area (Å²) in [7, 11) is 2.82. The molecule has 182 valence electrons. The zero-order valence-electron chi connectivity index (χ0n) is 19.1. The van der Waals surface area contributed by atoms with Gasteiger partial charge in [0.05, 0.1) is 43.2 Å². The molecule has 1 saturated heterocycles. The number of rotatable bonds is 12. The van der Waals surface area contributed by atoms with Gasteiger partial charge < -0.3 is 44.8 Å². The first kappa shape index (κ1) is 28.2. The molecule has 1 aliphatic heterocycles. The number of aliphatic hydroxyl groups is 6.